The average Bonchev–Trinajstić information content (AvgIpc) is 3.47. The van der Waals surface area contributed by atoms with Gasteiger partial charge in [-0.05, 0) is 83.1 Å². The number of thiazole rings is 1. The second-order valence-corrected chi connectivity index (χ2v) is 15.9. The van der Waals surface area contributed by atoms with E-state index in [4.69, 9.17) is 21.1 Å². The Morgan fingerprint density at radius 1 is 1.10 bits per heavy atom. The number of amides is 5. The number of carbonyl (C=O) groups excluding carboxylic acids is 5. The first-order chi connectivity index (χ1) is 24.2. The molecule has 1 aromatic carbocycles. The Bertz CT molecular complexity index is 1460. The molecule has 1 unspecified atom stereocenters. The smallest absolute Gasteiger partial charge is 0.408 e. The van der Waals surface area contributed by atoms with Crippen molar-refractivity contribution in [3.8, 4) is 10.4 Å². The predicted octanol–water partition coefficient (Wildman–Crippen LogP) is 5.31. The van der Waals surface area contributed by atoms with Gasteiger partial charge >= 0.3 is 6.09 Å². The standard InChI is InChI=1S/C22H39N5O7.C11H10ClNS.C4H10/c1-22(2,3)34-21(32)24-14-18(29)27(6)16-9-7-8-11-33-12-10-25(4)19(30)15-26(5)17(28)13-23-20(16)31;1-7-5-9(12)3-4-10(7)11-6-13-8(2)14-11;1-4(2)3/h16H,7-15H2,1-6H3,(H,23,31)(H,24,32);3-6H,1-2H3;4H,1-3H3. The molecule has 2 N–H and O–H groups in total. The molecular formula is C37H59ClN6O7S. The van der Waals surface area contributed by atoms with Crippen LogP contribution < -0.4 is 10.6 Å². The lowest BCUT2D eigenvalue weighted by Gasteiger charge is -2.28. The van der Waals surface area contributed by atoms with Crippen LogP contribution in [0.5, 0.6) is 0 Å². The van der Waals surface area contributed by atoms with Crippen LogP contribution in [0.2, 0.25) is 5.02 Å². The summed E-state index contributed by atoms with van der Waals surface area (Å²) in [4.78, 5) is 71.4. The van der Waals surface area contributed by atoms with E-state index in [9.17, 15) is 24.0 Å². The van der Waals surface area contributed by atoms with Crippen molar-refractivity contribution >= 4 is 52.7 Å². The minimum atomic E-state index is -0.841. The number of carbonyl (C=O) groups is 5. The van der Waals surface area contributed by atoms with Crippen LogP contribution in [0.1, 0.15) is 71.4 Å². The van der Waals surface area contributed by atoms with Crippen molar-refractivity contribution in [2.45, 2.75) is 86.3 Å². The first-order valence-electron chi connectivity index (χ1n) is 17.5. The van der Waals surface area contributed by atoms with Gasteiger partial charge in [-0.15, -0.1) is 11.3 Å². The quantitative estimate of drug-likeness (QED) is 0.425. The van der Waals surface area contributed by atoms with Crippen LogP contribution in [0.15, 0.2) is 24.4 Å². The number of aromatic nitrogens is 1. The van der Waals surface area contributed by atoms with Gasteiger partial charge in [-0.3, -0.25) is 19.2 Å². The van der Waals surface area contributed by atoms with Gasteiger partial charge in [-0.25, -0.2) is 9.78 Å². The molecule has 13 nitrogen and oxygen atoms in total. The van der Waals surface area contributed by atoms with Crippen LogP contribution in [-0.2, 0) is 28.7 Å². The summed E-state index contributed by atoms with van der Waals surface area (Å²) in [6.07, 6.45) is 2.78. The second kappa shape index (κ2) is 23.0. The van der Waals surface area contributed by atoms with E-state index in [0.717, 1.165) is 15.9 Å². The Kier molecular flexibility index (Phi) is 20.5. The van der Waals surface area contributed by atoms with Crippen LogP contribution >= 0.6 is 22.9 Å². The lowest BCUT2D eigenvalue weighted by atomic mass is 10.1. The molecule has 292 valence electrons. The van der Waals surface area contributed by atoms with E-state index >= 15 is 0 Å². The molecule has 1 aliphatic rings. The van der Waals surface area contributed by atoms with Crippen LogP contribution in [0.4, 0.5) is 4.79 Å². The Balaban J connectivity index is 0.000000610. The van der Waals surface area contributed by atoms with Gasteiger partial charge in [0.15, 0.2) is 0 Å². The summed E-state index contributed by atoms with van der Waals surface area (Å²) in [5.41, 5.74) is 1.71. The summed E-state index contributed by atoms with van der Waals surface area (Å²) in [7, 11) is 4.60. The molecule has 1 aliphatic heterocycles. The first-order valence-corrected chi connectivity index (χ1v) is 18.7. The van der Waals surface area contributed by atoms with E-state index in [0.29, 0.717) is 39.0 Å². The van der Waals surface area contributed by atoms with Gasteiger partial charge in [-0.2, -0.15) is 0 Å². The van der Waals surface area contributed by atoms with Gasteiger partial charge in [0, 0.05) is 45.5 Å². The first kappa shape index (κ1) is 46.3. The largest absolute Gasteiger partial charge is 0.444 e. The maximum absolute atomic E-state index is 12.9. The molecular weight excluding hydrogens is 708 g/mol. The van der Waals surface area contributed by atoms with Crippen LogP contribution in [0.3, 0.4) is 0 Å². The summed E-state index contributed by atoms with van der Waals surface area (Å²) in [5.74, 6) is -0.809. The van der Waals surface area contributed by atoms with Crippen molar-refractivity contribution in [1.82, 2.24) is 30.3 Å². The molecule has 15 heteroatoms. The fourth-order valence-corrected chi connectivity index (χ4v) is 5.54. The molecule has 3 rings (SSSR count). The van der Waals surface area contributed by atoms with Crippen molar-refractivity contribution in [1.29, 1.82) is 0 Å². The third-order valence-corrected chi connectivity index (χ3v) is 8.43. The summed E-state index contributed by atoms with van der Waals surface area (Å²) in [5, 5.41) is 6.83. The zero-order chi connectivity index (χ0) is 39.6. The van der Waals surface area contributed by atoms with Crippen molar-refractivity contribution in [2.24, 2.45) is 5.92 Å². The topological polar surface area (TPSA) is 150 Å². The number of aryl methyl sites for hydroxylation is 2. The number of nitrogens with one attached hydrogen (secondary N) is 2. The highest BCUT2D eigenvalue weighted by Crippen LogP contribution is 2.30. The van der Waals surface area contributed by atoms with Gasteiger partial charge in [-0.1, -0.05) is 38.4 Å². The van der Waals surface area contributed by atoms with Gasteiger partial charge < -0.3 is 34.8 Å². The number of nitrogens with zero attached hydrogens (tertiary/aromatic N) is 4. The van der Waals surface area contributed by atoms with Crippen molar-refractivity contribution in [3.63, 3.8) is 0 Å². The second-order valence-electron chi connectivity index (χ2n) is 14.2. The van der Waals surface area contributed by atoms with Crippen molar-refractivity contribution < 1.29 is 33.4 Å². The maximum atomic E-state index is 12.9. The summed E-state index contributed by atoms with van der Waals surface area (Å²) in [6, 6.07) is 5.10. The Morgan fingerprint density at radius 3 is 2.33 bits per heavy atom. The number of ether oxygens (including phenoxy) is 2. The number of hydrogen-bond donors (Lipinski definition) is 2. The van der Waals surface area contributed by atoms with E-state index in [-0.39, 0.29) is 25.5 Å². The molecule has 1 atom stereocenters. The van der Waals surface area contributed by atoms with E-state index < -0.39 is 35.5 Å². The van der Waals surface area contributed by atoms with Crippen molar-refractivity contribution in [2.75, 3.05) is 60.5 Å². The number of hydrogen-bond acceptors (Lipinski definition) is 9. The fraction of sp³-hybridized carbons (Fsp3) is 0.622. The van der Waals surface area contributed by atoms with E-state index in [1.807, 2.05) is 31.3 Å². The Morgan fingerprint density at radius 2 is 1.75 bits per heavy atom. The third-order valence-electron chi connectivity index (χ3n) is 7.25. The zero-order valence-electron chi connectivity index (χ0n) is 32.8. The van der Waals surface area contributed by atoms with E-state index in [1.165, 1.54) is 44.8 Å². The minimum Gasteiger partial charge on any atom is -0.444 e. The van der Waals surface area contributed by atoms with Gasteiger partial charge in [0.1, 0.15) is 18.2 Å². The maximum Gasteiger partial charge on any atom is 0.408 e. The highest BCUT2D eigenvalue weighted by atomic mass is 35.5. The van der Waals surface area contributed by atoms with Crippen molar-refractivity contribution in [3.05, 3.63) is 40.0 Å². The monoisotopic (exact) mass is 766 g/mol. The molecule has 52 heavy (non-hydrogen) atoms. The number of rotatable bonds is 4. The molecule has 5 amide bonds. The lowest BCUT2D eigenvalue weighted by molar-refractivity contribution is -0.141. The fourth-order valence-electron chi connectivity index (χ4n) is 4.45. The highest BCUT2D eigenvalue weighted by molar-refractivity contribution is 7.15. The zero-order valence-corrected chi connectivity index (χ0v) is 34.3. The minimum absolute atomic E-state index is 0.122. The van der Waals surface area contributed by atoms with E-state index in [1.54, 1.807) is 39.2 Å². The predicted molar refractivity (Wildman–Crippen MR) is 206 cm³/mol. The summed E-state index contributed by atoms with van der Waals surface area (Å²) < 4.78 is 10.7. The molecule has 0 spiro atoms. The van der Waals surface area contributed by atoms with Crippen LogP contribution in [0.25, 0.3) is 10.4 Å². The number of benzene rings is 1. The molecule has 1 fully saturated rings. The highest BCUT2D eigenvalue weighted by Gasteiger charge is 2.28. The van der Waals surface area contributed by atoms with Crippen LogP contribution in [-0.4, -0.2) is 122 Å². The molecule has 0 radical (unpaired) electrons. The molecule has 1 aromatic heterocycles. The Hall–Kier alpha value is -3.75. The lowest BCUT2D eigenvalue weighted by Crippen LogP contribution is -2.52. The number of halogens is 1. The van der Waals surface area contributed by atoms with E-state index in [2.05, 4.69) is 43.3 Å². The third kappa shape index (κ3) is 18.7. The molecule has 0 bridgehead atoms. The molecule has 0 aliphatic carbocycles. The Labute approximate surface area is 318 Å². The normalized spacial score (nSPS) is 16.6. The molecule has 2 aromatic rings. The molecule has 0 saturated carbocycles. The number of alkyl carbamates (subject to hydrolysis) is 1. The number of likely N-dealkylation sites (N-methyl/N-ethyl adjacent to an activating group) is 3. The average molecular weight is 767 g/mol. The van der Waals surface area contributed by atoms with Gasteiger partial charge in [0.05, 0.1) is 29.6 Å². The van der Waals surface area contributed by atoms with Gasteiger partial charge in [0.2, 0.25) is 23.6 Å². The summed E-state index contributed by atoms with van der Waals surface area (Å²) in [6.45, 7) is 16.2. The molecule has 2 heterocycles. The van der Waals surface area contributed by atoms with Crippen LogP contribution in [0, 0.1) is 19.8 Å². The summed E-state index contributed by atoms with van der Waals surface area (Å²) >= 11 is 7.60. The molecule has 1 saturated heterocycles. The SMILES string of the molecule is CC(C)C.CN1CCOCCCCC(N(C)C(=O)CNC(=O)OC(C)(C)C)C(=O)NCC(=O)N(C)CC1=O.Cc1ncc(-c2ccc(Cl)cc2C)s1. The van der Waals surface area contributed by atoms with Gasteiger partial charge in [0.25, 0.3) is 0 Å².